The number of piperazine rings is 1. The molecule has 1 atom stereocenters. The van der Waals surface area contributed by atoms with Crippen LogP contribution >= 0.6 is 0 Å². The molecule has 1 N–H and O–H groups in total. The minimum absolute atomic E-state index is 0.761. The number of hydrogen-bond donors (Lipinski definition) is 1. The third-order valence-corrected chi connectivity index (χ3v) is 4.72. The summed E-state index contributed by atoms with van der Waals surface area (Å²) in [6.07, 6.45) is 4.10. The topological polar surface area (TPSA) is 18.5 Å². The third-order valence-electron chi connectivity index (χ3n) is 4.72. The number of rotatable bonds is 2. The van der Waals surface area contributed by atoms with Crippen LogP contribution in [0.25, 0.3) is 0 Å². The monoisotopic (exact) mass is 273 g/mol. The Bertz CT molecular complexity index is 416. The Hall–Kier alpha value is -1.06. The van der Waals surface area contributed by atoms with E-state index in [-0.39, 0.29) is 0 Å². The van der Waals surface area contributed by atoms with Crippen molar-refractivity contribution in [2.45, 2.75) is 32.2 Å². The maximum atomic E-state index is 3.59. The molecule has 0 bridgehead atoms. The van der Waals surface area contributed by atoms with Gasteiger partial charge in [0.05, 0.1) is 0 Å². The lowest BCUT2D eigenvalue weighted by atomic mass is 10.1. The quantitative estimate of drug-likeness (QED) is 0.892. The first kappa shape index (κ1) is 13.9. The summed E-state index contributed by atoms with van der Waals surface area (Å²) in [6.45, 7) is 9.32. The van der Waals surface area contributed by atoms with Crippen molar-refractivity contribution in [3.63, 3.8) is 0 Å². The van der Waals surface area contributed by atoms with Gasteiger partial charge >= 0.3 is 0 Å². The summed E-state index contributed by atoms with van der Waals surface area (Å²) in [4.78, 5) is 5.23. The predicted octanol–water partition coefficient (Wildman–Crippen LogP) is 2.26. The molecule has 1 unspecified atom stereocenters. The average molecular weight is 273 g/mol. The Balaban J connectivity index is 1.56. The number of aryl methyl sites for hydroxylation is 1. The number of anilines is 1. The van der Waals surface area contributed by atoms with Crippen molar-refractivity contribution in [3.05, 3.63) is 29.8 Å². The van der Waals surface area contributed by atoms with Crippen LogP contribution in [-0.2, 0) is 0 Å². The molecule has 2 fully saturated rings. The molecule has 3 nitrogen and oxygen atoms in total. The molecule has 3 rings (SSSR count). The highest BCUT2D eigenvalue weighted by Gasteiger charge is 2.24. The van der Waals surface area contributed by atoms with E-state index < -0.39 is 0 Å². The Morgan fingerprint density at radius 2 is 1.95 bits per heavy atom. The van der Waals surface area contributed by atoms with Crippen LogP contribution in [0.3, 0.4) is 0 Å². The molecule has 110 valence electrons. The summed E-state index contributed by atoms with van der Waals surface area (Å²) in [5.41, 5.74) is 2.75. The van der Waals surface area contributed by atoms with Crippen molar-refractivity contribution in [1.29, 1.82) is 0 Å². The van der Waals surface area contributed by atoms with Gasteiger partial charge in [-0.15, -0.1) is 0 Å². The van der Waals surface area contributed by atoms with Gasteiger partial charge in [-0.1, -0.05) is 18.6 Å². The first-order chi connectivity index (χ1) is 9.83. The summed E-state index contributed by atoms with van der Waals surface area (Å²) in [6, 6.07) is 9.67. The van der Waals surface area contributed by atoms with Gasteiger partial charge in [0, 0.05) is 44.5 Å². The number of hydrogen-bond acceptors (Lipinski definition) is 3. The van der Waals surface area contributed by atoms with E-state index in [1.807, 2.05) is 0 Å². The van der Waals surface area contributed by atoms with E-state index in [4.69, 9.17) is 0 Å². The second-order valence-electron chi connectivity index (χ2n) is 6.22. The molecule has 0 saturated carbocycles. The van der Waals surface area contributed by atoms with Crippen molar-refractivity contribution in [3.8, 4) is 0 Å². The van der Waals surface area contributed by atoms with Gasteiger partial charge in [0.25, 0.3) is 0 Å². The fraction of sp³-hybridized carbons (Fsp3) is 0.647. The maximum absolute atomic E-state index is 3.59. The Labute approximate surface area is 123 Å². The first-order valence-electron chi connectivity index (χ1n) is 8.09. The lowest BCUT2D eigenvalue weighted by Gasteiger charge is -2.40. The molecule has 0 spiro atoms. The van der Waals surface area contributed by atoms with Crippen LogP contribution in [0.5, 0.6) is 0 Å². The largest absolute Gasteiger partial charge is 0.369 e. The van der Waals surface area contributed by atoms with Crippen LogP contribution < -0.4 is 10.2 Å². The second kappa shape index (κ2) is 6.59. The van der Waals surface area contributed by atoms with E-state index in [0.29, 0.717) is 0 Å². The fourth-order valence-electron chi connectivity index (χ4n) is 3.48. The van der Waals surface area contributed by atoms with Crippen molar-refractivity contribution >= 4 is 5.69 Å². The van der Waals surface area contributed by atoms with Gasteiger partial charge in [0.15, 0.2) is 0 Å². The van der Waals surface area contributed by atoms with Gasteiger partial charge < -0.3 is 10.2 Å². The van der Waals surface area contributed by atoms with Crippen molar-refractivity contribution in [2.75, 3.05) is 44.2 Å². The van der Waals surface area contributed by atoms with Gasteiger partial charge in [-0.25, -0.2) is 0 Å². The van der Waals surface area contributed by atoms with E-state index in [1.54, 1.807) is 0 Å². The Morgan fingerprint density at radius 3 is 2.75 bits per heavy atom. The molecule has 3 heteroatoms. The Kier molecular flexibility index (Phi) is 4.58. The van der Waals surface area contributed by atoms with Gasteiger partial charge in [0.2, 0.25) is 0 Å². The molecule has 1 aromatic rings. The normalized spacial score (nSPS) is 25.4. The SMILES string of the molecule is Cc1cccc(N2CCN(C3CCCCNC3)CC2)c1. The Morgan fingerprint density at radius 1 is 1.10 bits per heavy atom. The van der Waals surface area contributed by atoms with Gasteiger partial charge in [-0.2, -0.15) is 0 Å². The lowest BCUT2D eigenvalue weighted by Crippen LogP contribution is -2.52. The molecule has 0 aromatic heterocycles. The van der Waals surface area contributed by atoms with E-state index in [2.05, 4.69) is 46.3 Å². The highest BCUT2D eigenvalue weighted by molar-refractivity contribution is 5.48. The zero-order valence-electron chi connectivity index (χ0n) is 12.6. The van der Waals surface area contributed by atoms with Crippen LogP contribution in [-0.4, -0.2) is 50.2 Å². The molecule has 2 saturated heterocycles. The van der Waals surface area contributed by atoms with Crippen molar-refractivity contribution < 1.29 is 0 Å². The maximum Gasteiger partial charge on any atom is 0.0369 e. The second-order valence-corrected chi connectivity index (χ2v) is 6.22. The van der Waals surface area contributed by atoms with E-state index in [0.717, 1.165) is 6.04 Å². The van der Waals surface area contributed by atoms with Crippen LogP contribution in [0.15, 0.2) is 24.3 Å². The van der Waals surface area contributed by atoms with E-state index in [1.165, 1.54) is 69.8 Å². The first-order valence-corrected chi connectivity index (χ1v) is 8.09. The summed E-state index contributed by atoms with van der Waals surface area (Å²) >= 11 is 0. The van der Waals surface area contributed by atoms with E-state index in [9.17, 15) is 0 Å². The zero-order valence-corrected chi connectivity index (χ0v) is 12.6. The van der Waals surface area contributed by atoms with Gasteiger partial charge in [-0.05, 0) is 44.0 Å². The summed E-state index contributed by atoms with van der Waals surface area (Å²) in [5, 5.41) is 3.59. The standard InChI is InChI=1S/C17H27N3/c1-15-5-4-7-16(13-15)19-9-11-20(12-10-19)17-6-2-3-8-18-14-17/h4-5,7,13,17-18H,2-3,6,8-12,14H2,1H3. The zero-order chi connectivity index (χ0) is 13.8. The summed E-state index contributed by atoms with van der Waals surface area (Å²) in [5.74, 6) is 0. The molecule has 2 heterocycles. The molecule has 20 heavy (non-hydrogen) atoms. The van der Waals surface area contributed by atoms with Crippen LogP contribution in [0.4, 0.5) is 5.69 Å². The van der Waals surface area contributed by atoms with Crippen LogP contribution in [0.1, 0.15) is 24.8 Å². The smallest absolute Gasteiger partial charge is 0.0369 e. The molecule has 0 amide bonds. The fourth-order valence-corrected chi connectivity index (χ4v) is 3.48. The number of nitrogens with zero attached hydrogens (tertiary/aromatic N) is 2. The molecular formula is C17H27N3. The highest BCUT2D eigenvalue weighted by Crippen LogP contribution is 2.20. The molecule has 1 aromatic carbocycles. The third kappa shape index (κ3) is 3.33. The average Bonchev–Trinajstić information content (AvgIpc) is 2.76. The minimum atomic E-state index is 0.761. The lowest BCUT2D eigenvalue weighted by molar-refractivity contribution is 0.177. The number of nitrogens with one attached hydrogen (secondary N) is 1. The molecule has 2 aliphatic heterocycles. The van der Waals surface area contributed by atoms with Gasteiger partial charge in [-0.3, -0.25) is 4.90 Å². The highest BCUT2D eigenvalue weighted by atomic mass is 15.3. The number of benzene rings is 1. The summed E-state index contributed by atoms with van der Waals surface area (Å²) in [7, 11) is 0. The van der Waals surface area contributed by atoms with Crippen LogP contribution in [0, 0.1) is 6.92 Å². The van der Waals surface area contributed by atoms with Crippen LogP contribution in [0.2, 0.25) is 0 Å². The predicted molar refractivity (Wildman–Crippen MR) is 85.5 cm³/mol. The van der Waals surface area contributed by atoms with Crippen molar-refractivity contribution in [2.24, 2.45) is 0 Å². The molecular weight excluding hydrogens is 246 g/mol. The van der Waals surface area contributed by atoms with Gasteiger partial charge in [0.1, 0.15) is 0 Å². The summed E-state index contributed by atoms with van der Waals surface area (Å²) < 4.78 is 0. The minimum Gasteiger partial charge on any atom is -0.369 e. The molecule has 2 aliphatic rings. The van der Waals surface area contributed by atoms with Crippen molar-refractivity contribution in [1.82, 2.24) is 10.2 Å². The van der Waals surface area contributed by atoms with E-state index >= 15 is 0 Å². The molecule has 0 aliphatic carbocycles. The molecule has 0 radical (unpaired) electrons.